The molecule has 17 aromatic heterocycles. The molecule has 31 rings (SSSR count). The van der Waals surface area contributed by atoms with Crippen LogP contribution in [0, 0.1) is 0 Å². The van der Waals surface area contributed by atoms with Gasteiger partial charge in [-0.1, -0.05) is 249 Å². The molecule has 0 bridgehead atoms. The Morgan fingerprint density at radius 2 is 0.610 bits per heavy atom. The second-order valence-corrected chi connectivity index (χ2v) is 35.2. The summed E-state index contributed by atoms with van der Waals surface area (Å²) in [5.41, 5.74) is 23.6. The first kappa shape index (κ1) is 82.4. The molecule has 0 saturated heterocycles. The van der Waals surface area contributed by atoms with Gasteiger partial charge in [-0.25, -0.2) is 24.9 Å². The van der Waals surface area contributed by atoms with Crippen LogP contribution >= 0.6 is 11.3 Å². The van der Waals surface area contributed by atoms with Gasteiger partial charge < -0.3 is 35.8 Å². The summed E-state index contributed by atoms with van der Waals surface area (Å²) in [4.78, 5) is 35.3. The third kappa shape index (κ3) is 14.4. The van der Waals surface area contributed by atoms with Gasteiger partial charge in [-0.2, -0.15) is 0 Å². The maximum atomic E-state index is 5.98. The van der Waals surface area contributed by atoms with E-state index in [4.69, 9.17) is 27.1 Å². The number of rotatable bonds is 8. The second-order valence-electron chi connectivity index (χ2n) is 34.1. The van der Waals surface area contributed by atoms with E-state index >= 15 is 0 Å². The molecular formula is C122H77N13O5S. The highest BCUT2D eigenvalue weighted by molar-refractivity contribution is 7.26. The molecule has 666 valence electrons. The van der Waals surface area contributed by atoms with Gasteiger partial charge in [-0.3, -0.25) is 24.1 Å². The number of fused-ring (bicyclic) bond motifs is 28. The van der Waals surface area contributed by atoms with Gasteiger partial charge >= 0.3 is 0 Å². The van der Waals surface area contributed by atoms with Crippen molar-refractivity contribution in [3.05, 3.63) is 469 Å². The Balaban J connectivity index is 0.0000000892. The minimum Gasteiger partial charge on any atom is -0.462 e. The molecule has 0 saturated carbocycles. The van der Waals surface area contributed by atoms with E-state index in [-0.39, 0.29) is 0 Å². The molecule has 0 aliphatic carbocycles. The number of furan rings is 5. The van der Waals surface area contributed by atoms with E-state index in [0.717, 1.165) is 166 Å². The van der Waals surface area contributed by atoms with E-state index < -0.39 is 0 Å². The van der Waals surface area contributed by atoms with Crippen molar-refractivity contribution < 1.29 is 22.1 Å². The molecule has 0 N–H and O–H groups in total. The molecule has 141 heavy (non-hydrogen) atoms. The van der Waals surface area contributed by atoms with Crippen LogP contribution in [0.5, 0.6) is 0 Å². The fourth-order valence-electron chi connectivity index (χ4n) is 20.0. The maximum absolute atomic E-state index is 5.98. The Labute approximate surface area is 806 Å². The number of hydrogen-bond acceptors (Lipinski definition) is 14. The van der Waals surface area contributed by atoms with Crippen LogP contribution in [-0.2, 0) is 0 Å². The molecule has 14 aromatic carbocycles. The average molecular weight is 1840 g/mol. The van der Waals surface area contributed by atoms with E-state index in [1.54, 1.807) is 62.4 Å². The molecule has 0 unspecified atom stereocenters. The smallest absolute Gasteiger partial charge is 0.159 e. The van der Waals surface area contributed by atoms with Crippen LogP contribution in [-0.4, -0.2) is 62.7 Å². The normalized spacial score (nSPS) is 11.5. The molecule has 0 spiro atoms. The summed E-state index contributed by atoms with van der Waals surface area (Å²) < 4.78 is 43.2. The highest BCUT2D eigenvalue weighted by Crippen LogP contribution is 2.46. The molecule has 0 aliphatic rings. The van der Waals surface area contributed by atoms with Gasteiger partial charge in [-0.05, 0) is 140 Å². The molecule has 0 atom stereocenters. The van der Waals surface area contributed by atoms with E-state index in [9.17, 15) is 0 Å². The standard InChI is InChI=1S/C26H15NOS.C25H16N2O.2C24H15N3O.C18H11N3O.C5H5N/c1-3-9-21-17(6-1)19-13-12-16-14-15-28-25(16)24(19)27(21)22-10-5-8-20-18-7-2-4-11-23(18)29-26(20)22;1-2-7-23-20(5-1)21-13-10-18-14-16-28-25(18)24(21)27(23)19-11-8-17(9-12-19)22-6-3-4-15-26-22;1-2-9-21-17(6-1)18-12-11-16-13-15-28-24(16)23(18)27(21)22-10-5-8-20(26-22)19-7-3-4-14-25-19;1-2-6-17(7-3-1)24-25-14-18(15-26-24)27-21-9-5-4-8-19(21)20-11-10-16-12-13-28-23(16)22(20)27;1-2-4-15-13(3-1)14-6-5-12-8-10-22-18(12)17(14)21(15)16-7-9-19-11-20-16;1-2-4-6-5-3-1/h1-15H;1-16H;2*1-15H;1-11H;1-5H. The van der Waals surface area contributed by atoms with Crippen molar-refractivity contribution in [3.8, 4) is 62.7 Å². The number of thiophene rings is 1. The molecule has 31 aromatic rings. The number of hydrogen-bond donors (Lipinski definition) is 0. The molecule has 19 heteroatoms. The largest absolute Gasteiger partial charge is 0.462 e. The van der Waals surface area contributed by atoms with Crippen molar-refractivity contribution >= 4 is 195 Å². The van der Waals surface area contributed by atoms with Crippen molar-refractivity contribution in [2.45, 2.75) is 0 Å². The highest BCUT2D eigenvalue weighted by atomic mass is 32.1. The molecule has 17 heterocycles. The monoisotopic (exact) mass is 1840 g/mol. The number of nitrogens with zero attached hydrogens (tertiary/aromatic N) is 13. The second kappa shape index (κ2) is 35.2. The summed E-state index contributed by atoms with van der Waals surface area (Å²) in [6.45, 7) is 0. The van der Waals surface area contributed by atoms with E-state index in [1.807, 2.05) is 176 Å². The van der Waals surface area contributed by atoms with Crippen LogP contribution in [0.25, 0.3) is 247 Å². The number of para-hydroxylation sites is 5. The van der Waals surface area contributed by atoms with E-state index in [0.29, 0.717) is 5.82 Å². The first-order valence-corrected chi connectivity index (χ1v) is 47.1. The van der Waals surface area contributed by atoms with Crippen molar-refractivity contribution in [1.82, 2.24) is 62.7 Å². The summed E-state index contributed by atoms with van der Waals surface area (Å²) in [7, 11) is 0. The summed E-state index contributed by atoms with van der Waals surface area (Å²) in [5.74, 6) is 2.40. The lowest BCUT2D eigenvalue weighted by Gasteiger charge is -2.09. The first-order chi connectivity index (χ1) is 70.0. The van der Waals surface area contributed by atoms with Crippen LogP contribution in [0.2, 0.25) is 0 Å². The summed E-state index contributed by atoms with van der Waals surface area (Å²) in [6.07, 6.45) is 22.9. The predicted molar refractivity (Wildman–Crippen MR) is 571 cm³/mol. The summed E-state index contributed by atoms with van der Waals surface area (Å²) >= 11 is 1.86. The van der Waals surface area contributed by atoms with Gasteiger partial charge in [0.2, 0.25) is 0 Å². The zero-order chi connectivity index (χ0) is 93.2. The summed E-state index contributed by atoms with van der Waals surface area (Å²) in [5, 5.41) is 20.0. The molecular weight excluding hydrogens is 1760 g/mol. The Hall–Kier alpha value is -19.2. The Bertz CT molecular complexity index is 9840. The van der Waals surface area contributed by atoms with Crippen LogP contribution in [0.15, 0.2) is 491 Å². The van der Waals surface area contributed by atoms with Gasteiger partial charge in [0, 0.05) is 144 Å². The molecule has 0 fully saturated rings. The lowest BCUT2D eigenvalue weighted by molar-refractivity contribution is 0.617. The Morgan fingerprint density at radius 3 is 1.07 bits per heavy atom. The molecule has 0 radical (unpaired) electrons. The quantitative estimate of drug-likeness (QED) is 0.140. The van der Waals surface area contributed by atoms with Crippen molar-refractivity contribution in [2.24, 2.45) is 0 Å². The van der Waals surface area contributed by atoms with Crippen molar-refractivity contribution in [2.75, 3.05) is 0 Å². The first-order valence-electron chi connectivity index (χ1n) is 46.3. The molecule has 18 nitrogen and oxygen atoms in total. The third-order valence-corrected chi connectivity index (χ3v) is 27.4. The lowest BCUT2D eigenvalue weighted by atomic mass is 10.1. The Morgan fingerprint density at radius 1 is 0.220 bits per heavy atom. The average Bonchev–Trinajstić information content (AvgIpc) is 1.63. The minimum absolute atomic E-state index is 0.716. The third-order valence-electron chi connectivity index (χ3n) is 26.2. The zero-order valence-electron chi connectivity index (χ0n) is 75.2. The van der Waals surface area contributed by atoms with Crippen LogP contribution < -0.4 is 0 Å². The highest BCUT2D eigenvalue weighted by Gasteiger charge is 2.25. The van der Waals surface area contributed by atoms with Gasteiger partial charge in [0.1, 0.15) is 18.0 Å². The molecule has 0 amide bonds. The van der Waals surface area contributed by atoms with Gasteiger partial charge in [0.15, 0.2) is 33.7 Å². The maximum Gasteiger partial charge on any atom is 0.159 e. The zero-order valence-corrected chi connectivity index (χ0v) is 76.0. The predicted octanol–water partition coefficient (Wildman–Crippen LogP) is 31.9. The van der Waals surface area contributed by atoms with Crippen LogP contribution in [0.4, 0.5) is 0 Å². The number of aromatic nitrogens is 13. The van der Waals surface area contributed by atoms with Gasteiger partial charge in [-0.15, -0.1) is 11.3 Å². The fourth-order valence-corrected chi connectivity index (χ4v) is 21.2. The van der Waals surface area contributed by atoms with Crippen LogP contribution in [0.1, 0.15) is 0 Å². The van der Waals surface area contributed by atoms with Crippen LogP contribution in [0.3, 0.4) is 0 Å². The lowest BCUT2D eigenvalue weighted by Crippen LogP contribution is -1.99. The van der Waals surface area contributed by atoms with E-state index in [2.05, 4.69) is 300 Å². The van der Waals surface area contributed by atoms with E-state index in [1.165, 1.54) is 74.6 Å². The van der Waals surface area contributed by atoms with Gasteiger partial charge in [0.05, 0.1) is 132 Å². The number of pyridine rings is 4. The summed E-state index contributed by atoms with van der Waals surface area (Å²) in [6, 6.07) is 133. The van der Waals surface area contributed by atoms with Crippen molar-refractivity contribution in [1.29, 1.82) is 0 Å². The fraction of sp³-hybridized carbons (Fsp3) is 0. The Kier molecular flexibility index (Phi) is 20.6. The minimum atomic E-state index is 0.716. The SMILES string of the molecule is c1ccc(-c2ccc(-n3c4ccccc4c4ccc5ccoc5c43)cc2)nc1.c1ccc(-c2cccc(-n3c4ccccc4c4ccc5ccoc5c43)n2)nc1.c1ccc(-c2ncc(-n3c4ccccc4c4ccc5ccoc5c43)cn2)cc1.c1ccc2c(c1)c1ccc3ccoc3c1n2-c1ccncn1.c1ccc2c(c1)sc1c(-n3c4ccccc4c4ccc5ccoc5c43)cccc12.c1ccncc1. The topological polar surface area (TPSA) is 193 Å². The molecule has 0 aliphatic heterocycles. The number of benzene rings is 14. The van der Waals surface area contributed by atoms with Crippen molar-refractivity contribution in [3.63, 3.8) is 0 Å². The van der Waals surface area contributed by atoms with Gasteiger partial charge in [0.25, 0.3) is 0 Å².